The number of hydrogen-bond acceptors (Lipinski definition) is 8. The molecule has 3 aromatic rings. The summed E-state index contributed by atoms with van der Waals surface area (Å²) in [5, 5.41) is 4.06. The molecule has 13 heteroatoms. The number of ether oxygens (including phenoxy) is 4. The van der Waals surface area contributed by atoms with Gasteiger partial charge in [0.15, 0.2) is 0 Å². The van der Waals surface area contributed by atoms with Gasteiger partial charge < -0.3 is 38.6 Å². The normalized spacial score (nSPS) is 22.7. The van der Waals surface area contributed by atoms with E-state index < -0.39 is 5.79 Å². The average Bonchev–Trinajstić information content (AvgIpc) is 3.71. The van der Waals surface area contributed by atoms with Crippen LogP contribution in [0.4, 0.5) is 10.5 Å². The van der Waals surface area contributed by atoms with Gasteiger partial charge in [-0.25, -0.2) is 9.78 Å². The van der Waals surface area contributed by atoms with Gasteiger partial charge in [-0.2, -0.15) is 0 Å². The van der Waals surface area contributed by atoms with Crippen LogP contribution in [0.2, 0.25) is 10.0 Å². The van der Waals surface area contributed by atoms with Crippen molar-refractivity contribution in [1.82, 2.24) is 24.7 Å². The van der Waals surface area contributed by atoms with Gasteiger partial charge in [-0.15, -0.1) is 0 Å². The fraction of sp³-hybridized carbons (Fsp3) is 0.484. The fourth-order valence-electron chi connectivity index (χ4n) is 5.75. The van der Waals surface area contributed by atoms with Gasteiger partial charge in [0.05, 0.1) is 37.7 Å². The number of rotatable bonds is 10. The quantitative estimate of drug-likeness (QED) is 0.357. The van der Waals surface area contributed by atoms with Crippen molar-refractivity contribution in [2.45, 2.75) is 18.4 Å². The molecule has 44 heavy (non-hydrogen) atoms. The van der Waals surface area contributed by atoms with Crippen molar-refractivity contribution in [2.75, 3.05) is 83.7 Å². The van der Waals surface area contributed by atoms with Gasteiger partial charge in [0.2, 0.25) is 5.79 Å². The first-order valence-corrected chi connectivity index (χ1v) is 15.8. The number of imidazole rings is 1. The molecule has 3 saturated heterocycles. The lowest BCUT2D eigenvalue weighted by atomic mass is 10.1. The van der Waals surface area contributed by atoms with Crippen LogP contribution in [0.25, 0.3) is 0 Å². The molecule has 0 unspecified atom stereocenters. The van der Waals surface area contributed by atoms with Crippen molar-refractivity contribution in [3.05, 3.63) is 76.8 Å². The summed E-state index contributed by atoms with van der Waals surface area (Å²) in [5.74, 6) is -0.319. The van der Waals surface area contributed by atoms with E-state index in [0.717, 1.165) is 44.2 Å². The molecule has 2 atom stereocenters. The number of anilines is 1. The Balaban J connectivity index is 0.963. The van der Waals surface area contributed by atoms with Crippen LogP contribution in [0.3, 0.4) is 0 Å². The predicted molar refractivity (Wildman–Crippen MR) is 168 cm³/mol. The van der Waals surface area contributed by atoms with Crippen LogP contribution in [0.15, 0.2) is 61.2 Å². The molecule has 3 aliphatic heterocycles. The second-order valence-corrected chi connectivity index (χ2v) is 12.0. The van der Waals surface area contributed by atoms with Gasteiger partial charge >= 0.3 is 6.03 Å². The summed E-state index contributed by atoms with van der Waals surface area (Å²) >= 11 is 12.7. The van der Waals surface area contributed by atoms with E-state index >= 15 is 0 Å². The maximum Gasteiger partial charge on any atom is 0.317 e. The SMILES string of the molecule is O=C(NCCN1CCN(c2ccc(OC[C@@H]3CO[C@@](Cn4ccnc4)(c4ccc(Cl)cc4Cl)O3)cc2)CC1)N1CCOCC1. The number of amides is 2. The molecule has 11 nitrogen and oxygen atoms in total. The number of urea groups is 1. The van der Waals surface area contributed by atoms with Crippen molar-refractivity contribution in [3.63, 3.8) is 0 Å². The van der Waals surface area contributed by atoms with Crippen LogP contribution in [0, 0.1) is 0 Å². The summed E-state index contributed by atoms with van der Waals surface area (Å²) in [6.07, 6.45) is 5.00. The first kappa shape index (κ1) is 30.9. The Bertz CT molecular complexity index is 1370. The molecule has 3 aliphatic rings. The van der Waals surface area contributed by atoms with E-state index in [-0.39, 0.29) is 12.1 Å². The highest BCUT2D eigenvalue weighted by atomic mass is 35.5. The monoisotopic (exact) mass is 644 g/mol. The molecular weight excluding hydrogens is 607 g/mol. The lowest BCUT2D eigenvalue weighted by molar-refractivity contribution is -0.189. The number of nitrogens with zero attached hydrogens (tertiary/aromatic N) is 5. The second-order valence-electron chi connectivity index (χ2n) is 11.1. The fourth-order valence-corrected chi connectivity index (χ4v) is 6.30. The number of piperazine rings is 1. The van der Waals surface area contributed by atoms with E-state index in [2.05, 4.69) is 32.2 Å². The van der Waals surface area contributed by atoms with Crippen molar-refractivity contribution in [2.24, 2.45) is 0 Å². The van der Waals surface area contributed by atoms with E-state index in [1.165, 1.54) is 0 Å². The first-order chi connectivity index (χ1) is 21.5. The largest absolute Gasteiger partial charge is 0.491 e. The molecule has 2 amide bonds. The molecular formula is C31H38Cl2N6O5. The minimum atomic E-state index is -1.09. The summed E-state index contributed by atoms with van der Waals surface area (Å²) < 4.78 is 26.1. The van der Waals surface area contributed by atoms with Crippen molar-refractivity contribution in [3.8, 4) is 5.75 Å². The Morgan fingerprint density at radius 2 is 1.84 bits per heavy atom. The number of benzene rings is 2. The van der Waals surface area contributed by atoms with Gasteiger partial charge in [0.1, 0.15) is 18.5 Å². The predicted octanol–water partition coefficient (Wildman–Crippen LogP) is 3.70. The number of nitrogens with one attached hydrogen (secondary N) is 1. The minimum absolute atomic E-state index is 0.000948. The topological polar surface area (TPSA) is 93.6 Å². The van der Waals surface area contributed by atoms with E-state index in [9.17, 15) is 4.79 Å². The molecule has 0 spiro atoms. The number of morpholine rings is 1. The Labute approximate surface area is 267 Å². The molecule has 0 aliphatic carbocycles. The van der Waals surface area contributed by atoms with Crippen LogP contribution in [-0.2, 0) is 26.5 Å². The zero-order valence-electron chi connectivity index (χ0n) is 24.6. The number of hydrogen-bond donors (Lipinski definition) is 1. The molecule has 0 saturated carbocycles. The Morgan fingerprint density at radius 3 is 2.57 bits per heavy atom. The lowest BCUT2D eigenvalue weighted by Crippen LogP contribution is -2.50. The number of aromatic nitrogens is 2. The lowest BCUT2D eigenvalue weighted by Gasteiger charge is -2.36. The number of carbonyl (C=O) groups is 1. The van der Waals surface area contributed by atoms with Gasteiger partial charge in [-0.1, -0.05) is 29.3 Å². The highest BCUT2D eigenvalue weighted by Gasteiger charge is 2.45. The van der Waals surface area contributed by atoms with Crippen LogP contribution < -0.4 is 15.0 Å². The van der Waals surface area contributed by atoms with E-state index in [4.69, 9.17) is 42.1 Å². The summed E-state index contributed by atoms with van der Waals surface area (Å²) in [6.45, 7) is 8.85. The third-order valence-corrected chi connectivity index (χ3v) is 8.71. The van der Waals surface area contributed by atoms with E-state index in [1.54, 1.807) is 24.7 Å². The molecule has 236 valence electrons. The Kier molecular flexibility index (Phi) is 10.1. The molecule has 4 heterocycles. The first-order valence-electron chi connectivity index (χ1n) is 15.0. The summed E-state index contributed by atoms with van der Waals surface area (Å²) in [7, 11) is 0. The Morgan fingerprint density at radius 1 is 1.05 bits per heavy atom. The molecule has 6 rings (SSSR count). The molecule has 0 bridgehead atoms. The highest BCUT2D eigenvalue weighted by Crippen LogP contribution is 2.40. The van der Waals surface area contributed by atoms with Crippen molar-refractivity contribution < 1.29 is 23.7 Å². The third kappa shape index (κ3) is 7.59. The minimum Gasteiger partial charge on any atom is -0.491 e. The van der Waals surface area contributed by atoms with Crippen LogP contribution in [0.1, 0.15) is 5.56 Å². The molecule has 1 aromatic heterocycles. The zero-order chi connectivity index (χ0) is 30.4. The van der Waals surface area contributed by atoms with Crippen LogP contribution >= 0.6 is 23.2 Å². The van der Waals surface area contributed by atoms with Gasteiger partial charge in [-0.05, 0) is 36.4 Å². The summed E-state index contributed by atoms with van der Waals surface area (Å²) in [4.78, 5) is 23.0. The van der Waals surface area contributed by atoms with Crippen molar-refractivity contribution in [1.29, 1.82) is 0 Å². The van der Waals surface area contributed by atoms with Gasteiger partial charge in [0, 0.05) is 81.0 Å². The van der Waals surface area contributed by atoms with Crippen LogP contribution in [-0.4, -0.2) is 110 Å². The summed E-state index contributed by atoms with van der Waals surface area (Å²) in [6, 6.07) is 13.5. The average molecular weight is 646 g/mol. The third-order valence-electron chi connectivity index (χ3n) is 8.16. The maximum absolute atomic E-state index is 12.3. The molecule has 0 radical (unpaired) electrons. The Hall–Kier alpha value is -3.06. The highest BCUT2D eigenvalue weighted by molar-refractivity contribution is 6.35. The number of halogens is 2. The maximum atomic E-state index is 12.3. The zero-order valence-corrected chi connectivity index (χ0v) is 26.1. The standard InChI is InChI=1S/C31H38Cl2N6O5/c32-24-1-6-28(29(33)19-24)31(22-37-9-7-34-23-37)43-21-27(44-31)20-42-26-4-2-25(3-5-26)38-13-11-36(12-14-38)10-8-35-30(40)39-15-17-41-18-16-39/h1-7,9,19,23,27H,8,10-18,20-22H2,(H,35,40)/t27-,31-/m1/s1. The molecule has 3 fully saturated rings. The van der Waals surface area contributed by atoms with Gasteiger partial charge in [0.25, 0.3) is 0 Å². The summed E-state index contributed by atoms with van der Waals surface area (Å²) in [5.41, 5.74) is 1.87. The molecule has 1 N–H and O–H groups in total. The van der Waals surface area contributed by atoms with Gasteiger partial charge in [-0.3, -0.25) is 4.90 Å². The van der Waals surface area contributed by atoms with Crippen LogP contribution in [0.5, 0.6) is 5.75 Å². The van der Waals surface area contributed by atoms with E-state index in [0.29, 0.717) is 68.2 Å². The smallest absolute Gasteiger partial charge is 0.317 e. The van der Waals surface area contributed by atoms with E-state index in [1.807, 2.05) is 33.9 Å². The second kappa shape index (κ2) is 14.4. The number of carbonyl (C=O) groups excluding carboxylic acids is 1. The van der Waals surface area contributed by atoms with Crippen molar-refractivity contribution >= 4 is 34.9 Å². The molecule has 2 aromatic carbocycles.